The number of carbonyl (C=O) groups is 1. The maximum Gasteiger partial charge on any atom is 0.416 e. The molecule has 0 spiro atoms. The molecule has 3 heterocycles. The van der Waals surface area contributed by atoms with E-state index in [1.54, 1.807) is 21.6 Å². The standard InChI is InChI=1S/C28H31F3N6O2/c1-19(2)12-13-36-26(39)22-8-3-4-9-23(22)37-24(32-33-27(36)37)10-11-25(38)35-16-14-34(15-17-35)21-7-5-6-20(18-21)28(29,30)31/h3-9,18-19H,10-17H2,1-2H3. The van der Waals surface area contributed by atoms with Crippen molar-refractivity contribution < 1.29 is 18.0 Å². The number of amides is 1. The van der Waals surface area contributed by atoms with Crippen LogP contribution in [0.1, 0.15) is 38.1 Å². The van der Waals surface area contributed by atoms with Gasteiger partial charge in [-0.25, -0.2) is 0 Å². The van der Waals surface area contributed by atoms with E-state index >= 15 is 0 Å². The lowest BCUT2D eigenvalue weighted by atomic mass is 10.1. The van der Waals surface area contributed by atoms with Crippen LogP contribution in [0.4, 0.5) is 18.9 Å². The zero-order valence-corrected chi connectivity index (χ0v) is 22.0. The van der Waals surface area contributed by atoms with Gasteiger partial charge in [-0.1, -0.05) is 32.0 Å². The first-order valence-corrected chi connectivity index (χ1v) is 13.2. The van der Waals surface area contributed by atoms with Crippen molar-refractivity contribution in [1.82, 2.24) is 24.1 Å². The first-order valence-electron chi connectivity index (χ1n) is 13.2. The number of anilines is 1. The number of para-hydroxylation sites is 1. The largest absolute Gasteiger partial charge is 0.416 e. The van der Waals surface area contributed by atoms with Crippen molar-refractivity contribution in [2.75, 3.05) is 31.1 Å². The van der Waals surface area contributed by atoms with E-state index in [2.05, 4.69) is 24.0 Å². The molecule has 11 heteroatoms. The number of aryl methyl sites for hydroxylation is 2. The van der Waals surface area contributed by atoms with Crippen LogP contribution in [0, 0.1) is 5.92 Å². The number of piperazine rings is 1. The molecule has 0 N–H and O–H groups in total. The van der Waals surface area contributed by atoms with Crippen molar-refractivity contribution in [1.29, 1.82) is 0 Å². The summed E-state index contributed by atoms with van der Waals surface area (Å²) in [7, 11) is 0. The normalized spacial score (nSPS) is 14.6. The van der Waals surface area contributed by atoms with Crippen LogP contribution in [0.15, 0.2) is 53.3 Å². The Bertz CT molecular complexity index is 1550. The Morgan fingerprint density at radius 3 is 2.46 bits per heavy atom. The number of carbonyl (C=O) groups excluding carboxylic acids is 1. The highest BCUT2D eigenvalue weighted by Crippen LogP contribution is 2.32. The van der Waals surface area contributed by atoms with Crippen molar-refractivity contribution in [3.63, 3.8) is 0 Å². The third-order valence-corrected chi connectivity index (χ3v) is 7.24. The van der Waals surface area contributed by atoms with Crippen molar-refractivity contribution >= 4 is 28.3 Å². The Hall–Kier alpha value is -3.89. The summed E-state index contributed by atoms with van der Waals surface area (Å²) in [6.07, 6.45) is -3.01. The average Bonchev–Trinajstić information content (AvgIpc) is 3.35. The van der Waals surface area contributed by atoms with Crippen LogP contribution in [0.2, 0.25) is 0 Å². The molecule has 0 unspecified atom stereocenters. The van der Waals surface area contributed by atoms with Gasteiger partial charge in [0.15, 0.2) is 0 Å². The summed E-state index contributed by atoms with van der Waals surface area (Å²) in [4.78, 5) is 29.9. The molecule has 206 valence electrons. The minimum atomic E-state index is -4.39. The van der Waals surface area contributed by atoms with E-state index in [0.29, 0.717) is 73.3 Å². The van der Waals surface area contributed by atoms with Crippen molar-refractivity contribution in [2.24, 2.45) is 5.92 Å². The lowest BCUT2D eigenvalue weighted by Crippen LogP contribution is -2.48. The minimum Gasteiger partial charge on any atom is -0.368 e. The molecule has 4 aromatic rings. The maximum atomic E-state index is 13.2. The number of fused-ring (bicyclic) bond motifs is 3. The molecular formula is C28H31F3N6O2. The number of alkyl halides is 3. The molecule has 0 saturated carbocycles. The van der Waals surface area contributed by atoms with Crippen LogP contribution in [0.3, 0.4) is 0 Å². The fourth-order valence-corrected chi connectivity index (χ4v) is 5.03. The molecular weight excluding hydrogens is 509 g/mol. The number of hydrogen-bond acceptors (Lipinski definition) is 5. The van der Waals surface area contributed by atoms with E-state index in [1.807, 2.05) is 27.5 Å². The number of hydrogen-bond donors (Lipinski definition) is 0. The second-order valence-electron chi connectivity index (χ2n) is 10.3. The van der Waals surface area contributed by atoms with Gasteiger partial charge in [0.2, 0.25) is 11.7 Å². The molecule has 2 aromatic carbocycles. The Labute approximate surface area is 223 Å². The number of rotatable bonds is 7. The summed E-state index contributed by atoms with van der Waals surface area (Å²) in [5.74, 6) is 1.44. The summed E-state index contributed by atoms with van der Waals surface area (Å²) < 4.78 is 42.8. The molecule has 1 saturated heterocycles. The molecule has 1 aliphatic rings. The van der Waals surface area contributed by atoms with Gasteiger partial charge >= 0.3 is 6.18 Å². The molecule has 8 nitrogen and oxygen atoms in total. The molecule has 39 heavy (non-hydrogen) atoms. The topological polar surface area (TPSA) is 75.7 Å². The maximum absolute atomic E-state index is 13.2. The van der Waals surface area contributed by atoms with E-state index in [4.69, 9.17) is 0 Å². The molecule has 0 aliphatic carbocycles. The molecule has 1 aliphatic heterocycles. The SMILES string of the molecule is CC(C)CCn1c(=O)c2ccccc2n2c(CCC(=O)N3CCN(c4cccc(C(F)(F)F)c4)CC3)nnc12. The smallest absolute Gasteiger partial charge is 0.368 e. The van der Waals surface area contributed by atoms with Gasteiger partial charge in [0.1, 0.15) is 5.82 Å². The average molecular weight is 541 g/mol. The number of benzene rings is 2. The van der Waals surface area contributed by atoms with E-state index in [0.717, 1.165) is 18.6 Å². The van der Waals surface area contributed by atoms with Crippen LogP contribution in [-0.2, 0) is 23.9 Å². The van der Waals surface area contributed by atoms with Gasteiger partial charge in [-0.3, -0.25) is 18.6 Å². The Morgan fingerprint density at radius 2 is 1.74 bits per heavy atom. The molecule has 1 amide bonds. The predicted molar refractivity (Wildman–Crippen MR) is 143 cm³/mol. The highest BCUT2D eigenvalue weighted by atomic mass is 19.4. The fraction of sp³-hybridized carbons (Fsp3) is 0.429. The zero-order valence-electron chi connectivity index (χ0n) is 22.0. The third-order valence-electron chi connectivity index (χ3n) is 7.24. The first kappa shape index (κ1) is 26.7. The lowest BCUT2D eigenvalue weighted by Gasteiger charge is -2.36. The Morgan fingerprint density at radius 1 is 1.00 bits per heavy atom. The summed E-state index contributed by atoms with van der Waals surface area (Å²) in [5, 5.41) is 9.26. The van der Waals surface area contributed by atoms with E-state index in [9.17, 15) is 22.8 Å². The minimum absolute atomic E-state index is 0.0483. The van der Waals surface area contributed by atoms with Crippen molar-refractivity contribution in [3.8, 4) is 0 Å². The van der Waals surface area contributed by atoms with E-state index in [1.165, 1.54) is 6.07 Å². The van der Waals surface area contributed by atoms with Crippen molar-refractivity contribution in [3.05, 3.63) is 70.3 Å². The molecule has 5 rings (SSSR count). The summed E-state index contributed by atoms with van der Waals surface area (Å²) >= 11 is 0. The van der Waals surface area contributed by atoms with E-state index in [-0.39, 0.29) is 17.9 Å². The third kappa shape index (κ3) is 5.48. The molecule has 0 atom stereocenters. The van der Waals surface area contributed by atoms with Crippen LogP contribution in [-0.4, -0.2) is 56.2 Å². The van der Waals surface area contributed by atoms with Gasteiger partial charge in [-0.2, -0.15) is 13.2 Å². The fourth-order valence-electron chi connectivity index (χ4n) is 5.03. The number of nitrogens with zero attached hydrogens (tertiary/aromatic N) is 6. The van der Waals surface area contributed by atoms with Crippen molar-refractivity contribution in [2.45, 2.75) is 45.8 Å². The molecule has 0 bridgehead atoms. The van der Waals surface area contributed by atoms with Crippen LogP contribution >= 0.6 is 0 Å². The Kier molecular flexibility index (Phi) is 7.33. The second-order valence-corrected chi connectivity index (χ2v) is 10.3. The van der Waals surface area contributed by atoms with Gasteiger partial charge in [0.05, 0.1) is 16.5 Å². The monoisotopic (exact) mass is 540 g/mol. The summed E-state index contributed by atoms with van der Waals surface area (Å²) in [5.41, 5.74) is 0.427. The first-order chi connectivity index (χ1) is 18.6. The molecule has 1 fully saturated rings. The zero-order chi connectivity index (χ0) is 27.7. The van der Waals surface area contributed by atoms with Gasteiger partial charge in [-0.05, 0) is 42.7 Å². The predicted octanol–water partition coefficient (Wildman–Crippen LogP) is 4.39. The quantitative estimate of drug-likeness (QED) is 0.348. The number of aromatic nitrogens is 4. The Balaban J connectivity index is 1.29. The van der Waals surface area contributed by atoms with Crippen LogP contribution in [0.5, 0.6) is 0 Å². The van der Waals surface area contributed by atoms with Gasteiger partial charge in [0.25, 0.3) is 5.56 Å². The summed E-state index contributed by atoms with van der Waals surface area (Å²) in [6, 6.07) is 12.6. The van der Waals surface area contributed by atoms with Crippen LogP contribution in [0.25, 0.3) is 16.7 Å². The van der Waals surface area contributed by atoms with Gasteiger partial charge in [0, 0.05) is 51.3 Å². The van der Waals surface area contributed by atoms with Gasteiger partial charge < -0.3 is 9.80 Å². The highest BCUT2D eigenvalue weighted by molar-refractivity contribution is 5.80. The lowest BCUT2D eigenvalue weighted by molar-refractivity contribution is -0.137. The highest BCUT2D eigenvalue weighted by Gasteiger charge is 2.31. The molecule has 2 aromatic heterocycles. The van der Waals surface area contributed by atoms with Gasteiger partial charge in [-0.15, -0.1) is 10.2 Å². The molecule has 0 radical (unpaired) electrons. The second kappa shape index (κ2) is 10.7. The number of halogens is 3. The summed E-state index contributed by atoms with van der Waals surface area (Å²) in [6.45, 7) is 6.48. The van der Waals surface area contributed by atoms with Crippen LogP contribution < -0.4 is 10.5 Å². The van der Waals surface area contributed by atoms with E-state index < -0.39 is 11.7 Å².